The van der Waals surface area contributed by atoms with Gasteiger partial charge in [0.1, 0.15) is 5.82 Å². The first-order valence-corrected chi connectivity index (χ1v) is 8.66. The molecular weight excluding hydrogens is 371 g/mol. The number of benzene rings is 1. The van der Waals surface area contributed by atoms with Gasteiger partial charge in [0, 0.05) is 36.2 Å². The summed E-state index contributed by atoms with van der Waals surface area (Å²) in [4.78, 5) is 8.75. The smallest absolute Gasteiger partial charge is 0.181 e. The first-order chi connectivity index (χ1) is 12.6. The largest absolute Gasteiger partial charge is 0.276 e. The number of hydrogen-bond acceptors (Lipinski definition) is 4. The lowest BCUT2D eigenvalue weighted by atomic mass is 10.2. The molecule has 0 aliphatic heterocycles. The van der Waals surface area contributed by atoms with Gasteiger partial charge in [0.05, 0.1) is 22.8 Å². The van der Waals surface area contributed by atoms with Crippen LogP contribution in [0.2, 0.25) is 10.0 Å². The van der Waals surface area contributed by atoms with Crippen molar-refractivity contribution in [1.82, 2.24) is 29.5 Å². The Morgan fingerprint density at radius 2 is 1.81 bits per heavy atom. The molecule has 0 unspecified atom stereocenters. The number of hydrogen-bond donors (Lipinski definition) is 0. The molecule has 130 valence electrons. The van der Waals surface area contributed by atoms with Crippen LogP contribution in [0.15, 0.2) is 55.0 Å². The van der Waals surface area contributed by atoms with Gasteiger partial charge in [-0.3, -0.25) is 9.67 Å². The minimum Gasteiger partial charge on any atom is -0.276 e. The molecule has 6 nitrogen and oxygen atoms in total. The quantitative estimate of drug-likeness (QED) is 0.534. The van der Waals surface area contributed by atoms with E-state index in [9.17, 15) is 0 Å². The van der Waals surface area contributed by atoms with Crippen LogP contribution in [0.3, 0.4) is 0 Å². The summed E-state index contributed by atoms with van der Waals surface area (Å²) in [5.41, 5.74) is 2.50. The molecule has 0 atom stereocenters. The molecule has 4 aromatic rings. The molecule has 0 aliphatic rings. The Labute approximate surface area is 160 Å². The SMILES string of the molecule is Cn1ccc(Cc2nc(-c3ccc(Cl)cc3)nn2-c2ccncc2Cl)n1. The van der Waals surface area contributed by atoms with E-state index in [-0.39, 0.29) is 0 Å². The van der Waals surface area contributed by atoms with E-state index >= 15 is 0 Å². The lowest BCUT2D eigenvalue weighted by Gasteiger charge is -2.06. The first-order valence-electron chi connectivity index (χ1n) is 7.90. The fraction of sp³-hybridized carbons (Fsp3) is 0.111. The second kappa shape index (κ2) is 6.90. The molecule has 0 fully saturated rings. The van der Waals surface area contributed by atoms with Crippen LogP contribution in [-0.2, 0) is 13.5 Å². The van der Waals surface area contributed by atoms with Crippen LogP contribution in [0.5, 0.6) is 0 Å². The van der Waals surface area contributed by atoms with Crippen molar-refractivity contribution in [1.29, 1.82) is 0 Å². The van der Waals surface area contributed by atoms with Crippen molar-refractivity contribution in [2.75, 3.05) is 0 Å². The van der Waals surface area contributed by atoms with Gasteiger partial charge in [-0.2, -0.15) is 5.10 Å². The zero-order valence-corrected chi connectivity index (χ0v) is 15.4. The van der Waals surface area contributed by atoms with E-state index in [4.69, 9.17) is 28.2 Å². The van der Waals surface area contributed by atoms with Gasteiger partial charge in [0.25, 0.3) is 0 Å². The number of aryl methyl sites for hydroxylation is 1. The Morgan fingerprint density at radius 3 is 2.50 bits per heavy atom. The highest BCUT2D eigenvalue weighted by Gasteiger charge is 2.16. The lowest BCUT2D eigenvalue weighted by molar-refractivity contribution is 0.735. The summed E-state index contributed by atoms with van der Waals surface area (Å²) in [6.45, 7) is 0. The summed E-state index contributed by atoms with van der Waals surface area (Å²) in [7, 11) is 1.88. The van der Waals surface area contributed by atoms with Crippen LogP contribution in [0.1, 0.15) is 11.5 Å². The maximum atomic E-state index is 6.33. The normalized spacial score (nSPS) is 11.0. The second-order valence-corrected chi connectivity index (χ2v) is 6.60. The molecular formula is C18H14Cl2N6. The summed E-state index contributed by atoms with van der Waals surface area (Å²) < 4.78 is 3.50. The van der Waals surface area contributed by atoms with Gasteiger partial charge < -0.3 is 0 Å². The van der Waals surface area contributed by atoms with Crippen LogP contribution >= 0.6 is 23.2 Å². The third-order valence-corrected chi connectivity index (χ3v) is 4.41. The maximum Gasteiger partial charge on any atom is 0.181 e. The average Bonchev–Trinajstić information content (AvgIpc) is 3.23. The molecule has 0 aliphatic carbocycles. The fourth-order valence-electron chi connectivity index (χ4n) is 2.63. The van der Waals surface area contributed by atoms with Crippen molar-refractivity contribution in [3.8, 4) is 17.1 Å². The lowest BCUT2D eigenvalue weighted by Crippen LogP contribution is -2.05. The predicted octanol–water partition coefficient (Wildman–Crippen LogP) is 3.96. The average molecular weight is 385 g/mol. The third kappa shape index (κ3) is 3.34. The van der Waals surface area contributed by atoms with E-state index < -0.39 is 0 Å². The molecule has 3 heterocycles. The first kappa shape index (κ1) is 16.8. The number of halogens is 2. The van der Waals surface area contributed by atoms with Crippen LogP contribution in [0.4, 0.5) is 0 Å². The van der Waals surface area contributed by atoms with E-state index in [0.717, 1.165) is 22.8 Å². The van der Waals surface area contributed by atoms with Crippen LogP contribution in [-0.4, -0.2) is 29.5 Å². The van der Waals surface area contributed by atoms with E-state index in [2.05, 4.69) is 15.2 Å². The van der Waals surface area contributed by atoms with Crippen molar-refractivity contribution in [2.45, 2.75) is 6.42 Å². The minimum atomic E-state index is 0.502. The molecule has 8 heteroatoms. The van der Waals surface area contributed by atoms with Gasteiger partial charge >= 0.3 is 0 Å². The van der Waals surface area contributed by atoms with Crippen molar-refractivity contribution in [3.05, 3.63) is 76.6 Å². The summed E-state index contributed by atoms with van der Waals surface area (Å²) >= 11 is 12.3. The summed E-state index contributed by atoms with van der Waals surface area (Å²) in [6.07, 6.45) is 5.69. The monoisotopic (exact) mass is 384 g/mol. The molecule has 26 heavy (non-hydrogen) atoms. The molecule has 0 radical (unpaired) electrons. The molecule has 0 spiro atoms. The predicted molar refractivity (Wildman–Crippen MR) is 101 cm³/mol. The van der Waals surface area contributed by atoms with E-state index in [1.807, 2.05) is 49.6 Å². The molecule has 0 saturated carbocycles. The zero-order valence-electron chi connectivity index (χ0n) is 13.8. The molecule has 0 bridgehead atoms. The van der Waals surface area contributed by atoms with Crippen LogP contribution < -0.4 is 0 Å². The van der Waals surface area contributed by atoms with Gasteiger partial charge in [-0.25, -0.2) is 9.67 Å². The van der Waals surface area contributed by atoms with Gasteiger partial charge in [0.2, 0.25) is 0 Å². The number of nitrogens with zero attached hydrogens (tertiary/aromatic N) is 6. The molecule has 0 saturated heterocycles. The highest BCUT2D eigenvalue weighted by molar-refractivity contribution is 6.32. The molecule has 1 aromatic carbocycles. The number of pyridine rings is 1. The molecule has 3 aromatic heterocycles. The standard InChI is InChI=1S/C18H14Cl2N6/c1-25-9-7-14(23-25)10-17-22-18(12-2-4-13(19)5-3-12)24-26(17)16-6-8-21-11-15(16)20/h2-9,11H,10H2,1H3. The molecule has 0 amide bonds. The van der Waals surface area contributed by atoms with Crippen LogP contribution in [0, 0.1) is 0 Å². The van der Waals surface area contributed by atoms with Gasteiger partial charge in [-0.05, 0) is 36.4 Å². The topological polar surface area (TPSA) is 61.4 Å². The Balaban J connectivity index is 1.82. The van der Waals surface area contributed by atoms with Crippen LogP contribution in [0.25, 0.3) is 17.1 Å². The second-order valence-electron chi connectivity index (χ2n) is 5.75. The highest BCUT2D eigenvalue weighted by atomic mass is 35.5. The zero-order chi connectivity index (χ0) is 18.1. The molecule has 4 rings (SSSR count). The highest BCUT2D eigenvalue weighted by Crippen LogP contribution is 2.24. The number of aromatic nitrogens is 6. The Morgan fingerprint density at radius 1 is 1.00 bits per heavy atom. The summed E-state index contributed by atoms with van der Waals surface area (Å²) in [5, 5.41) is 10.3. The van der Waals surface area contributed by atoms with Gasteiger partial charge in [-0.1, -0.05) is 23.2 Å². The van der Waals surface area contributed by atoms with Crippen molar-refractivity contribution >= 4 is 23.2 Å². The Kier molecular flexibility index (Phi) is 4.44. The van der Waals surface area contributed by atoms with Gasteiger partial charge in [-0.15, -0.1) is 5.10 Å². The molecule has 0 N–H and O–H groups in total. The Hall–Kier alpha value is -2.70. The summed E-state index contributed by atoms with van der Waals surface area (Å²) in [6, 6.07) is 11.2. The van der Waals surface area contributed by atoms with E-state index in [1.165, 1.54) is 0 Å². The number of rotatable bonds is 4. The van der Waals surface area contributed by atoms with Crippen molar-refractivity contribution < 1.29 is 0 Å². The minimum absolute atomic E-state index is 0.502. The van der Waals surface area contributed by atoms with Gasteiger partial charge in [0.15, 0.2) is 5.82 Å². The van der Waals surface area contributed by atoms with Crippen molar-refractivity contribution in [3.63, 3.8) is 0 Å². The Bertz CT molecular complexity index is 1050. The van der Waals surface area contributed by atoms with Crippen molar-refractivity contribution in [2.24, 2.45) is 7.05 Å². The van der Waals surface area contributed by atoms with E-state index in [0.29, 0.717) is 22.3 Å². The third-order valence-electron chi connectivity index (χ3n) is 3.86. The summed E-state index contributed by atoms with van der Waals surface area (Å²) in [5.74, 6) is 1.34. The van der Waals surface area contributed by atoms with E-state index in [1.54, 1.807) is 21.8 Å². The maximum absolute atomic E-state index is 6.33. The fourth-order valence-corrected chi connectivity index (χ4v) is 2.96.